The molecule has 0 aliphatic carbocycles. The molecule has 1 aromatic rings. The van der Waals surface area contributed by atoms with Crippen molar-refractivity contribution in [3.8, 4) is 0 Å². The average molecular weight is 279 g/mol. The highest BCUT2D eigenvalue weighted by molar-refractivity contribution is 5.61. The van der Waals surface area contributed by atoms with Crippen LogP contribution in [0.3, 0.4) is 0 Å². The van der Waals surface area contributed by atoms with Gasteiger partial charge in [0.25, 0.3) is 5.69 Å². The number of nitrogens with one attached hydrogen (secondary N) is 1. The fourth-order valence-electron chi connectivity index (χ4n) is 2.25. The molecular weight excluding hydrogens is 254 g/mol. The van der Waals surface area contributed by atoms with Crippen LogP contribution in [0.1, 0.15) is 33.6 Å². The van der Waals surface area contributed by atoms with E-state index in [9.17, 15) is 10.1 Å². The second-order valence-electron chi connectivity index (χ2n) is 4.99. The number of para-hydroxylation sites is 2. The first-order valence-electron chi connectivity index (χ1n) is 7.30. The lowest BCUT2D eigenvalue weighted by atomic mass is 10.1. The smallest absolute Gasteiger partial charge is 0.292 e. The normalized spacial score (nSPS) is 12.4. The standard InChI is InChI=1S/C15H25N3O2/c1-4-17(5-2)12-8-9-13(3)16-14-10-6-7-11-15(14)18(19)20/h6-7,10-11,13,16H,4-5,8-9,12H2,1-3H3. The van der Waals surface area contributed by atoms with Gasteiger partial charge in [0, 0.05) is 12.1 Å². The van der Waals surface area contributed by atoms with E-state index in [4.69, 9.17) is 0 Å². The summed E-state index contributed by atoms with van der Waals surface area (Å²) in [7, 11) is 0. The van der Waals surface area contributed by atoms with Crippen LogP contribution in [-0.2, 0) is 0 Å². The molecule has 1 unspecified atom stereocenters. The van der Waals surface area contributed by atoms with Gasteiger partial charge in [0.05, 0.1) is 4.92 Å². The zero-order valence-corrected chi connectivity index (χ0v) is 12.6. The lowest BCUT2D eigenvalue weighted by molar-refractivity contribution is -0.384. The predicted molar refractivity (Wildman–Crippen MR) is 83.2 cm³/mol. The molecule has 1 N–H and O–H groups in total. The zero-order valence-electron chi connectivity index (χ0n) is 12.6. The number of rotatable bonds is 9. The molecule has 0 bridgehead atoms. The van der Waals surface area contributed by atoms with Gasteiger partial charge in [0.2, 0.25) is 0 Å². The maximum atomic E-state index is 10.9. The van der Waals surface area contributed by atoms with Crippen LogP contribution in [0.4, 0.5) is 11.4 Å². The summed E-state index contributed by atoms with van der Waals surface area (Å²) >= 11 is 0. The summed E-state index contributed by atoms with van der Waals surface area (Å²) in [4.78, 5) is 13.0. The van der Waals surface area contributed by atoms with Gasteiger partial charge in [-0.1, -0.05) is 26.0 Å². The Morgan fingerprint density at radius 3 is 2.55 bits per heavy atom. The average Bonchev–Trinajstić information content (AvgIpc) is 2.44. The van der Waals surface area contributed by atoms with Gasteiger partial charge in [-0.2, -0.15) is 0 Å². The fourth-order valence-corrected chi connectivity index (χ4v) is 2.25. The lowest BCUT2D eigenvalue weighted by Gasteiger charge is -2.20. The fraction of sp³-hybridized carbons (Fsp3) is 0.600. The molecule has 0 saturated heterocycles. The van der Waals surface area contributed by atoms with E-state index in [-0.39, 0.29) is 16.7 Å². The minimum Gasteiger partial charge on any atom is -0.377 e. The summed E-state index contributed by atoms with van der Waals surface area (Å²) < 4.78 is 0. The molecule has 1 atom stereocenters. The topological polar surface area (TPSA) is 58.4 Å². The van der Waals surface area contributed by atoms with Crippen LogP contribution in [-0.4, -0.2) is 35.5 Å². The van der Waals surface area contributed by atoms with Gasteiger partial charge in [-0.3, -0.25) is 10.1 Å². The highest BCUT2D eigenvalue weighted by Gasteiger charge is 2.14. The van der Waals surface area contributed by atoms with Crippen LogP contribution in [0.15, 0.2) is 24.3 Å². The maximum Gasteiger partial charge on any atom is 0.292 e. The number of hydrogen-bond donors (Lipinski definition) is 1. The predicted octanol–water partition coefficient (Wildman–Crippen LogP) is 3.52. The molecule has 5 heteroatoms. The van der Waals surface area contributed by atoms with E-state index < -0.39 is 0 Å². The summed E-state index contributed by atoms with van der Waals surface area (Å²) in [6.07, 6.45) is 2.10. The van der Waals surface area contributed by atoms with Crippen LogP contribution in [0.25, 0.3) is 0 Å². The van der Waals surface area contributed by atoms with Gasteiger partial charge in [-0.05, 0) is 45.5 Å². The Balaban J connectivity index is 2.46. The van der Waals surface area contributed by atoms with Crippen LogP contribution < -0.4 is 5.32 Å². The van der Waals surface area contributed by atoms with Gasteiger partial charge in [-0.25, -0.2) is 0 Å². The van der Waals surface area contributed by atoms with E-state index in [1.54, 1.807) is 12.1 Å². The molecule has 0 aliphatic heterocycles. The number of nitro groups is 1. The van der Waals surface area contributed by atoms with E-state index >= 15 is 0 Å². The Hall–Kier alpha value is -1.62. The molecule has 5 nitrogen and oxygen atoms in total. The van der Waals surface area contributed by atoms with E-state index in [0.717, 1.165) is 32.5 Å². The Morgan fingerprint density at radius 1 is 1.30 bits per heavy atom. The van der Waals surface area contributed by atoms with Crippen molar-refractivity contribution in [3.05, 3.63) is 34.4 Å². The van der Waals surface area contributed by atoms with Crippen molar-refractivity contribution in [2.75, 3.05) is 25.0 Å². The highest BCUT2D eigenvalue weighted by atomic mass is 16.6. The van der Waals surface area contributed by atoms with Crippen molar-refractivity contribution in [2.24, 2.45) is 0 Å². The summed E-state index contributed by atoms with van der Waals surface area (Å²) in [6, 6.07) is 7.03. The second kappa shape index (κ2) is 8.53. The molecule has 0 fully saturated rings. The first-order valence-corrected chi connectivity index (χ1v) is 7.30. The van der Waals surface area contributed by atoms with Gasteiger partial charge >= 0.3 is 0 Å². The second-order valence-corrected chi connectivity index (χ2v) is 4.99. The van der Waals surface area contributed by atoms with E-state index in [2.05, 4.69) is 31.0 Å². The Kier molecular flexibility index (Phi) is 7.01. The molecule has 0 radical (unpaired) electrons. The number of nitro benzene ring substituents is 1. The summed E-state index contributed by atoms with van der Waals surface area (Å²) in [5, 5.41) is 14.2. The third kappa shape index (κ3) is 5.17. The SMILES string of the molecule is CCN(CC)CCCC(C)Nc1ccccc1[N+](=O)[O-]. The van der Waals surface area contributed by atoms with E-state index in [0.29, 0.717) is 5.69 Å². The molecule has 0 aliphatic rings. The minimum absolute atomic E-state index is 0.142. The Morgan fingerprint density at radius 2 is 1.95 bits per heavy atom. The molecule has 0 saturated carbocycles. The number of nitrogens with zero attached hydrogens (tertiary/aromatic N) is 2. The maximum absolute atomic E-state index is 10.9. The van der Waals surface area contributed by atoms with Gasteiger partial charge in [0.15, 0.2) is 0 Å². The summed E-state index contributed by atoms with van der Waals surface area (Å²) in [5.41, 5.74) is 0.746. The van der Waals surface area contributed by atoms with Crippen LogP contribution in [0.2, 0.25) is 0 Å². The summed E-state index contributed by atoms with van der Waals surface area (Å²) in [6.45, 7) is 9.62. The van der Waals surface area contributed by atoms with Crippen molar-refractivity contribution in [1.29, 1.82) is 0 Å². The molecule has 0 heterocycles. The van der Waals surface area contributed by atoms with Gasteiger partial charge < -0.3 is 10.2 Å². The van der Waals surface area contributed by atoms with Crippen LogP contribution in [0, 0.1) is 10.1 Å². The van der Waals surface area contributed by atoms with Crippen LogP contribution >= 0.6 is 0 Å². The van der Waals surface area contributed by atoms with Gasteiger partial charge in [-0.15, -0.1) is 0 Å². The molecule has 1 aromatic carbocycles. The highest BCUT2D eigenvalue weighted by Crippen LogP contribution is 2.24. The third-order valence-corrected chi connectivity index (χ3v) is 3.51. The molecule has 0 amide bonds. The van der Waals surface area contributed by atoms with E-state index in [1.807, 2.05) is 6.07 Å². The number of hydrogen-bond acceptors (Lipinski definition) is 4. The molecule has 1 rings (SSSR count). The molecule has 0 spiro atoms. The van der Waals surface area contributed by atoms with Crippen molar-refractivity contribution in [1.82, 2.24) is 4.90 Å². The van der Waals surface area contributed by atoms with Crippen molar-refractivity contribution in [3.63, 3.8) is 0 Å². The molecular formula is C15H25N3O2. The molecule has 20 heavy (non-hydrogen) atoms. The molecule has 0 aromatic heterocycles. The van der Waals surface area contributed by atoms with Crippen molar-refractivity contribution >= 4 is 11.4 Å². The third-order valence-electron chi connectivity index (χ3n) is 3.51. The molecule has 112 valence electrons. The number of benzene rings is 1. The first-order chi connectivity index (χ1) is 9.58. The largest absolute Gasteiger partial charge is 0.377 e. The van der Waals surface area contributed by atoms with E-state index in [1.165, 1.54) is 6.07 Å². The first kappa shape index (κ1) is 16.4. The zero-order chi connectivity index (χ0) is 15.0. The van der Waals surface area contributed by atoms with Crippen molar-refractivity contribution in [2.45, 2.75) is 39.7 Å². The monoisotopic (exact) mass is 279 g/mol. The van der Waals surface area contributed by atoms with Crippen LogP contribution in [0.5, 0.6) is 0 Å². The van der Waals surface area contributed by atoms with Crippen molar-refractivity contribution < 1.29 is 4.92 Å². The Labute approximate surface area is 121 Å². The Bertz CT molecular complexity index is 419. The lowest BCUT2D eigenvalue weighted by Crippen LogP contribution is -2.25. The quantitative estimate of drug-likeness (QED) is 0.555. The number of anilines is 1. The summed E-state index contributed by atoms with van der Waals surface area (Å²) in [5.74, 6) is 0. The minimum atomic E-state index is -0.342. The van der Waals surface area contributed by atoms with Gasteiger partial charge in [0.1, 0.15) is 5.69 Å².